The molecule has 0 N–H and O–H groups in total. The van der Waals surface area contributed by atoms with Crippen LogP contribution >= 0.6 is 0 Å². The van der Waals surface area contributed by atoms with Crippen molar-refractivity contribution in [3.05, 3.63) is 11.6 Å². The Bertz CT molecular complexity index is 793. The van der Waals surface area contributed by atoms with Gasteiger partial charge in [-0.25, -0.2) is 0 Å². The molecule has 4 saturated carbocycles. The Morgan fingerprint density at radius 2 is 1.68 bits per heavy atom. The molecule has 2 heteroatoms. The van der Waals surface area contributed by atoms with Crippen LogP contribution in [0.25, 0.3) is 0 Å². The van der Waals surface area contributed by atoms with Crippen LogP contribution in [-0.4, -0.2) is 12.1 Å². The van der Waals surface area contributed by atoms with Crippen LogP contribution in [0, 0.1) is 40.4 Å². The highest BCUT2D eigenvalue weighted by molar-refractivity contribution is 5.70. The molecule has 37 heavy (non-hydrogen) atoms. The highest BCUT2D eigenvalue weighted by Crippen LogP contribution is 2.66. The molecule has 210 valence electrons. The van der Waals surface area contributed by atoms with E-state index in [0.717, 1.165) is 36.5 Å². The number of hydrogen-bond acceptors (Lipinski definition) is 2. The van der Waals surface area contributed by atoms with E-state index in [0.29, 0.717) is 23.2 Å². The number of fused-ring (bicyclic) bond motifs is 5. The normalized spacial score (nSPS) is 39.9. The third kappa shape index (κ3) is 5.89. The molecule has 0 saturated heterocycles. The smallest absolute Gasteiger partial charge is 0.306 e. The predicted molar refractivity (Wildman–Crippen MR) is 154 cm³/mol. The van der Waals surface area contributed by atoms with E-state index in [1.54, 1.807) is 5.57 Å². The summed E-state index contributed by atoms with van der Waals surface area (Å²) in [6.07, 6.45) is 30.4. The lowest BCUT2D eigenvalue weighted by Crippen LogP contribution is -2.50. The minimum Gasteiger partial charge on any atom is -0.462 e. The van der Waals surface area contributed by atoms with Gasteiger partial charge < -0.3 is 4.74 Å². The SMILES string of the molecule is CCCCCCCC[C@@H]1CC[C@@H]2[C@@H]3CC=C4C[C@@H](OC(=O)CC5CCCCC5)CC[C@]4(C)[C@H]3CC[C@]12C. The molecule has 0 amide bonds. The molecule has 0 radical (unpaired) electrons. The standard InChI is InChI=1S/C35H58O2/c1-4-5-6-7-8-12-15-27-17-19-31-30-18-16-28-25-29(37-33(36)24-26-13-10-9-11-14-26)20-22-35(28,3)32(30)21-23-34(27,31)2/h16,26-27,29-32H,4-15,17-25H2,1-3H3/t27-,29+,30+,31-,32+,34-,35+/m1/s1. The molecule has 5 aliphatic rings. The van der Waals surface area contributed by atoms with Crippen LogP contribution in [0.5, 0.6) is 0 Å². The number of unbranched alkanes of at least 4 members (excludes halogenated alkanes) is 5. The minimum absolute atomic E-state index is 0.0885. The van der Waals surface area contributed by atoms with Crippen molar-refractivity contribution in [2.75, 3.05) is 0 Å². The van der Waals surface area contributed by atoms with Crippen LogP contribution in [-0.2, 0) is 9.53 Å². The lowest BCUT2D eigenvalue weighted by molar-refractivity contribution is -0.152. The zero-order valence-corrected chi connectivity index (χ0v) is 24.7. The molecule has 0 aromatic rings. The lowest BCUT2D eigenvalue weighted by Gasteiger charge is -2.58. The van der Waals surface area contributed by atoms with Gasteiger partial charge in [-0.3, -0.25) is 4.79 Å². The number of carbonyl (C=O) groups is 1. The van der Waals surface area contributed by atoms with Crippen molar-refractivity contribution in [1.29, 1.82) is 0 Å². The molecule has 4 fully saturated rings. The van der Waals surface area contributed by atoms with Crippen molar-refractivity contribution in [3.63, 3.8) is 0 Å². The van der Waals surface area contributed by atoms with Crippen LogP contribution in [0.2, 0.25) is 0 Å². The fourth-order valence-corrected chi connectivity index (χ4v) is 10.3. The van der Waals surface area contributed by atoms with Crippen molar-refractivity contribution in [1.82, 2.24) is 0 Å². The number of esters is 1. The Labute approximate surface area is 229 Å². The van der Waals surface area contributed by atoms with Gasteiger partial charge in [0.05, 0.1) is 0 Å². The molecule has 0 heterocycles. The predicted octanol–water partition coefficient (Wildman–Crippen LogP) is 10.2. The van der Waals surface area contributed by atoms with Crippen LogP contribution in [0.3, 0.4) is 0 Å². The van der Waals surface area contributed by atoms with E-state index >= 15 is 0 Å². The van der Waals surface area contributed by atoms with Gasteiger partial charge in [0.15, 0.2) is 0 Å². The fraction of sp³-hybridized carbons (Fsp3) is 0.914. The highest BCUT2D eigenvalue weighted by atomic mass is 16.5. The van der Waals surface area contributed by atoms with Gasteiger partial charge >= 0.3 is 5.97 Å². The van der Waals surface area contributed by atoms with Crippen molar-refractivity contribution in [2.45, 2.75) is 162 Å². The second-order valence-corrected chi connectivity index (χ2v) is 14.7. The summed E-state index contributed by atoms with van der Waals surface area (Å²) in [5.74, 6) is 4.34. The molecule has 0 bridgehead atoms. The molecule has 5 aliphatic carbocycles. The lowest BCUT2D eigenvalue weighted by atomic mass is 9.47. The molecular weight excluding hydrogens is 452 g/mol. The monoisotopic (exact) mass is 510 g/mol. The van der Waals surface area contributed by atoms with E-state index in [1.807, 2.05) is 0 Å². The van der Waals surface area contributed by atoms with Crippen molar-refractivity contribution < 1.29 is 9.53 Å². The first kappa shape index (κ1) is 27.8. The summed E-state index contributed by atoms with van der Waals surface area (Å²) in [4.78, 5) is 12.7. The Balaban J connectivity index is 1.16. The molecule has 0 aromatic heterocycles. The van der Waals surface area contributed by atoms with Gasteiger partial charge in [-0.2, -0.15) is 0 Å². The molecule has 2 nitrogen and oxygen atoms in total. The highest BCUT2D eigenvalue weighted by Gasteiger charge is 2.58. The second kappa shape index (κ2) is 12.2. The summed E-state index contributed by atoms with van der Waals surface area (Å²) in [6, 6.07) is 0. The number of hydrogen-bond donors (Lipinski definition) is 0. The number of rotatable bonds is 10. The molecule has 0 unspecified atom stereocenters. The molecule has 0 aliphatic heterocycles. The average molecular weight is 511 g/mol. The summed E-state index contributed by atoms with van der Waals surface area (Å²) in [5.41, 5.74) is 2.60. The van der Waals surface area contributed by atoms with Crippen LogP contribution in [0.4, 0.5) is 0 Å². The third-order valence-electron chi connectivity index (χ3n) is 12.6. The van der Waals surface area contributed by atoms with E-state index < -0.39 is 0 Å². The van der Waals surface area contributed by atoms with Gasteiger partial charge in [0, 0.05) is 12.8 Å². The Kier molecular flexibility index (Phi) is 9.13. The summed E-state index contributed by atoms with van der Waals surface area (Å²) in [7, 11) is 0. The van der Waals surface area contributed by atoms with Crippen molar-refractivity contribution in [3.8, 4) is 0 Å². The van der Waals surface area contributed by atoms with E-state index in [1.165, 1.54) is 116 Å². The molecule has 0 spiro atoms. The zero-order valence-electron chi connectivity index (χ0n) is 24.7. The van der Waals surface area contributed by atoms with Gasteiger partial charge in [-0.1, -0.05) is 90.2 Å². The first-order chi connectivity index (χ1) is 17.9. The van der Waals surface area contributed by atoms with E-state index in [4.69, 9.17) is 4.74 Å². The zero-order chi connectivity index (χ0) is 25.9. The molecule has 0 aromatic carbocycles. The first-order valence-electron chi connectivity index (χ1n) is 16.8. The van der Waals surface area contributed by atoms with Crippen LogP contribution in [0.1, 0.15) is 156 Å². The van der Waals surface area contributed by atoms with Crippen molar-refractivity contribution >= 4 is 5.97 Å². The molecular formula is C35H58O2. The van der Waals surface area contributed by atoms with Gasteiger partial charge in [-0.05, 0) is 105 Å². The van der Waals surface area contributed by atoms with Gasteiger partial charge in [-0.15, -0.1) is 0 Å². The summed E-state index contributed by atoms with van der Waals surface area (Å²) in [5, 5.41) is 0. The van der Waals surface area contributed by atoms with E-state index in [-0.39, 0.29) is 12.1 Å². The van der Waals surface area contributed by atoms with Gasteiger partial charge in [0.1, 0.15) is 6.10 Å². The topological polar surface area (TPSA) is 26.3 Å². The molecule has 5 rings (SSSR count). The third-order valence-corrected chi connectivity index (χ3v) is 12.6. The summed E-state index contributed by atoms with van der Waals surface area (Å²) in [6.45, 7) is 7.62. The van der Waals surface area contributed by atoms with Gasteiger partial charge in [0.25, 0.3) is 0 Å². The van der Waals surface area contributed by atoms with Gasteiger partial charge in [0.2, 0.25) is 0 Å². The maximum Gasteiger partial charge on any atom is 0.306 e. The Morgan fingerprint density at radius 1 is 0.892 bits per heavy atom. The number of allylic oxidation sites excluding steroid dienone is 1. The Morgan fingerprint density at radius 3 is 2.49 bits per heavy atom. The quantitative estimate of drug-likeness (QED) is 0.166. The minimum atomic E-state index is 0.0885. The molecule has 7 atom stereocenters. The van der Waals surface area contributed by atoms with E-state index in [2.05, 4.69) is 26.8 Å². The van der Waals surface area contributed by atoms with Crippen LogP contribution in [0.15, 0.2) is 11.6 Å². The number of ether oxygens (including phenoxy) is 1. The maximum absolute atomic E-state index is 12.7. The average Bonchev–Trinajstić information content (AvgIpc) is 3.23. The first-order valence-corrected chi connectivity index (χ1v) is 16.8. The summed E-state index contributed by atoms with van der Waals surface area (Å²) < 4.78 is 6.11. The van der Waals surface area contributed by atoms with Crippen molar-refractivity contribution in [2.24, 2.45) is 40.4 Å². The summed E-state index contributed by atoms with van der Waals surface area (Å²) >= 11 is 0. The fourth-order valence-electron chi connectivity index (χ4n) is 10.3. The van der Waals surface area contributed by atoms with E-state index in [9.17, 15) is 4.79 Å². The largest absolute Gasteiger partial charge is 0.462 e. The number of carbonyl (C=O) groups excluding carboxylic acids is 1. The maximum atomic E-state index is 12.7. The Hall–Kier alpha value is -0.790. The van der Waals surface area contributed by atoms with Crippen LogP contribution < -0.4 is 0 Å². The second-order valence-electron chi connectivity index (χ2n) is 14.7.